The number of nitrogens with zero attached hydrogens (tertiary/aromatic N) is 2. The smallest absolute Gasteiger partial charge is 0.326 e. The number of carbonyl (C=O) groups is 2. The molecule has 1 aliphatic rings. The van der Waals surface area contributed by atoms with Crippen LogP contribution in [0.5, 0.6) is 0 Å². The molecule has 0 aliphatic carbocycles. The van der Waals surface area contributed by atoms with E-state index in [4.69, 9.17) is 5.11 Å². The number of likely N-dealkylation sites (tertiary alicyclic amines) is 1. The van der Waals surface area contributed by atoms with Crippen molar-refractivity contribution in [3.8, 4) is 0 Å². The maximum Gasteiger partial charge on any atom is 0.326 e. The number of amides is 2. The van der Waals surface area contributed by atoms with Gasteiger partial charge in [0, 0.05) is 19.1 Å². The van der Waals surface area contributed by atoms with Crippen LogP contribution >= 0.6 is 0 Å². The van der Waals surface area contributed by atoms with Gasteiger partial charge in [0.05, 0.1) is 6.10 Å². The van der Waals surface area contributed by atoms with Crippen LogP contribution in [0, 0.1) is 0 Å². The molecule has 1 rings (SSSR count). The molecule has 110 valence electrons. The fourth-order valence-electron chi connectivity index (χ4n) is 2.31. The van der Waals surface area contributed by atoms with E-state index >= 15 is 0 Å². The number of hydrogen-bond acceptors (Lipinski definition) is 4. The van der Waals surface area contributed by atoms with Crippen molar-refractivity contribution in [1.82, 2.24) is 15.1 Å². The lowest BCUT2D eigenvalue weighted by molar-refractivity contribution is -0.139. The van der Waals surface area contributed by atoms with Crippen LogP contribution in [0.25, 0.3) is 0 Å². The molecule has 7 heteroatoms. The second-order valence-electron chi connectivity index (χ2n) is 5.21. The predicted octanol–water partition coefficient (Wildman–Crippen LogP) is -0.444. The van der Waals surface area contributed by atoms with Crippen LogP contribution in [-0.2, 0) is 4.79 Å². The Balaban J connectivity index is 2.65. The zero-order valence-electron chi connectivity index (χ0n) is 11.7. The third kappa shape index (κ3) is 4.36. The fraction of sp³-hybridized carbons (Fsp3) is 0.833. The van der Waals surface area contributed by atoms with Crippen LogP contribution in [0.3, 0.4) is 0 Å². The van der Waals surface area contributed by atoms with Crippen molar-refractivity contribution in [2.24, 2.45) is 0 Å². The highest BCUT2D eigenvalue weighted by Crippen LogP contribution is 2.18. The Morgan fingerprint density at radius 2 is 2.11 bits per heavy atom. The van der Waals surface area contributed by atoms with Gasteiger partial charge in [-0.1, -0.05) is 6.92 Å². The van der Waals surface area contributed by atoms with Crippen LogP contribution in [-0.4, -0.2) is 77.4 Å². The Labute approximate surface area is 113 Å². The van der Waals surface area contributed by atoms with E-state index in [0.717, 1.165) is 0 Å². The van der Waals surface area contributed by atoms with Gasteiger partial charge in [-0.25, -0.2) is 9.59 Å². The summed E-state index contributed by atoms with van der Waals surface area (Å²) in [6, 6.07) is -1.39. The summed E-state index contributed by atoms with van der Waals surface area (Å²) in [6.45, 7) is 2.60. The van der Waals surface area contributed by atoms with Crippen LogP contribution in [0.1, 0.15) is 19.8 Å². The largest absolute Gasteiger partial charge is 0.480 e. The highest BCUT2D eigenvalue weighted by Gasteiger charge is 2.35. The number of hydrogen-bond donors (Lipinski definition) is 3. The van der Waals surface area contributed by atoms with Gasteiger partial charge >= 0.3 is 12.0 Å². The van der Waals surface area contributed by atoms with E-state index in [1.165, 1.54) is 4.90 Å². The Morgan fingerprint density at radius 3 is 2.58 bits per heavy atom. The van der Waals surface area contributed by atoms with Gasteiger partial charge in [-0.05, 0) is 26.9 Å². The number of carboxylic acids is 1. The summed E-state index contributed by atoms with van der Waals surface area (Å²) in [6.07, 6.45) is 0.311. The zero-order chi connectivity index (χ0) is 14.6. The zero-order valence-corrected chi connectivity index (χ0v) is 11.7. The molecule has 0 aromatic carbocycles. The first-order valence-electron chi connectivity index (χ1n) is 6.47. The molecule has 0 bridgehead atoms. The monoisotopic (exact) mass is 273 g/mol. The number of nitrogens with one attached hydrogen (secondary N) is 1. The van der Waals surface area contributed by atoms with Crippen molar-refractivity contribution in [2.75, 3.05) is 27.2 Å². The molecule has 2 amide bonds. The maximum absolute atomic E-state index is 12.1. The molecule has 3 N–H and O–H groups in total. The van der Waals surface area contributed by atoms with Crippen LogP contribution in [0.2, 0.25) is 0 Å². The molecule has 1 saturated heterocycles. The van der Waals surface area contributed by atoms with Gasteiger partial charge in [-0.15, -0.1) is 0 Å². The maximum atomic E-state index is 12.1. The highest BCUT2D eigenvalue weighted by molar-refractivity contribution is 5.82. The van der Waals surface area contributed by atoms with Crippen LogP contribution < -0.4 is 5.32 Å². The number of aliphatic hydroxyl groups is 1. The number of likely N-dealkylation sites (N-methyl/N-ethyl adjacent to an activating group) is 1. The molecule has 0 aromatic heterocycles. The number of aliphatic hydroxyl groups excluding tert-OH is 1. The Morgan fingerprint density at radius 1 is 1.47 bits per heavy atom. The number of aliphatic carboxylic acids is 1. The minimum absolute atomic E-state index is 0.0868. The summed E-state index contributed by atoms with van der Waals surface area (Å²) < 4.78 is 0. The van der Waals surface area contributed by atoms with E-state index < -0.39 is 24.1 Å². The predicted molar refractivity (Wildman–Crippen MR) is 69.9 cm³/mol. The summed E-state index contributed by atoms with van der Waals surface area (Å²) in [5.74, 6) is -1.04. The van der Waals surface area contributed by atoms with Crippen molar-refractivity contribution in [3.05, 3.63) is 0 Å². The molecule has 0 spiro atoms. The normalized spacial score (nSPS) is 24.6. The first kappa shape index (κ1) is 15.7. The van der Waals surface area contributed by atoms with E-state index in [0.29, 0.717) is 19.4 Å². The summed E-state index contributed by atoms with van der Waals surface area (Å²) >= 11 is 0. The van der Waals surface area contributed by atoms with Crippen LogP contribution in [0.15, 0.2) is 0 Å². The number of carbonyl (C=O) groups excluding carboxylic acids is 1. The Hall–Kier alpha value is -1.34. The minimum Gasteiger partial charge on any atom is -0.480 e. The standard InChI is InChI=1S/C12H23N3O4/c1-4-10(11(17)18)13-12(19)15-7-9(16)5-8(15)6-14(2)3/h8-10,16H,4-7H2,1-3H3,(H,13,19)(H,17,18)/t8?,9?,10-/m0/s1. The number of β-amino-alcohol motifs (C(OH)–C–C–N with tert-alkyl or cyclic N) is 1. The van der Waals surface area contributed by atoms with Crippen molar-refractivity contribution in [1.29, 1.82) is 0 Å². The van der Waals surface area contributed by atoms with Gasteiger partial charge in [0.25, 0.3) is 0 Å². The summed E-state index contributed by atoms with van der Waals surface area (Å²) in [5, 5.41) is 21.1. The van der Waals surface area contributed by atoms with Crippen LogP contribution in [0.4, 0.5) is 4.79 Å². The third-order valence-electron chi connectivity index (χ3n) is 3.23. The molecular weight excluding hydrogens is 250 g/mol. The Kier molecular flexibility index (Phi) is 5.56. The van der Waals surface area contributed by atoms with Gasteiger partial charge in [0.15, 0.2) is 0 Å². The molecule has 7 nitrogen and oxygen atoms in total. The van der Waals surface area contributed by atoms with E-state index in [9.17, 15) is 14.7 Å². The highest BCUT2D eigenvalue weighted by atomic mass is 16.4. The van der Waals surface area contributed by atoms with Crippen molar-refractivity contribution < 1.29 is 19.8 Å². The first-order valence-corrected chi connectivity index (χ1v) is 6.47. The number of urea groups is 1. The quantitative estimate of drug-likeness (QED) is 0.631. The molecule has 0 saturated carbocycles. The lowest BCUT2D eigenvalue weighted by atomic mass is 10.2. The number of carboxylic acid groups (broad SMARTS) is 1. The first-order chi connectivity index (χ1) is 8.85. The van der Waals surface area contributed by atoms with Gasteiger partial charge in [0.1, 0.15) is 6.04 Å². The van der Waals surface area contributed by atoms with E-state index in [1.54, 1.807) is 6.92 Å². The topological polar surface area (TPSA) is 93.1 Å². The number of rotatable bonds is 5. The molecule has 0 radical (unpaired) electrons. The molecule has 1 heterocycles. The second-order valence-corrected chi connectivity index (χ2v) is 5.21. The SMILES string of the molecule is CC[C@H](NC(=O)N1CC(O)CC1CN(C)C)C(=O)O. The molecule has 1 aliphatic heterocycles. The minimum atomic E-state index is -1.04. The fourth-order valence-corrected chi connectivity index (χ4v) is 2.31. The summed E-state index contributed by atoms with van der Waals surface area (Å²) in [7, 11) is 3.79. The Bertz CT molecular complexity index is 335. The summed E-state index contributed by atoms with van der Waals surface area (Å²) in [5.41, 5.74) is 0. The van der Waals surface area contributed by atoms with Crippen molar-refractivity contribution in [2.45, 2.75) is 38.0 Å². The molecule has 2 unspecified atom stereocenters. The third-order valence-corrected chi connectivity index (χ3v) is 3.23. The molecular formula is C12H23N3O4. The van der Waals surface area contributed by atoms with E-state index in [-0.39, 0.29) is 12.6 Å². The van der Waals surface area contributed by atoms with Gasteiger partial charge in [0.2, 0.25) is 0 Å². The molecule has 1 fully saturated rings. The van der Waals surface area contributed by atoms with Crippen molar-refractivity contribution in [3.63, 3.8) is 0 Å². The molecule has 3 atom stereocenters. The average Bonchev–Trinajstić information content (AvgIpc) is 2.65. The average molecular weight is 273 g/mol. The van der Waals surface area contributed by atoms with E-state index in [2.05, 4.69) is 5.32 Å². The van der Waals surface area contributed by atoms with Gasteiger partial charge in [-0.2, -0.15) is 0 Å². The van der Waals surface area contributed by atoms with Gasteiger partial charge in [-0.3, -0.25) is 0 Å². The lowest BCUT2D eigenvalue weighted by Crippen LogP contribution is -2.51. The lowest BCUT2D eigenvalue weighted by Gasteiger charge is -2.28. The van der Waals surface area contributed by atoms with Gasteiger partial charge < -0.3 is 25.3 Å². The second kappa shape index (κ2) is 6.72. The molecule has 0 aromatic rings. The summed E-state index contributed by atoms with van der Waals surface area (Å²) in [4.78, 5) is 26.5. The van der Waals surface area contributed by atoms with E-state index in [1.807, 2.05) is 19.0 Å². The molecule has 19 heavy (non-hydrogen) atoms. The van der Waals surface area contributed by atoms with Crippen molar-refractivity contribution >= 4 is 12.0 Å².